The Labute approximate surface area is 197 Å². The van der Waals surface area contributed by atoms with Crippen LogP contribution in [0.3, 0.4) is 0 Å². The van der Waals surface area contributed by atoms with Crippen LogP contribution in [-0.4, -0.2) is 33.5 Å². The molecular weight excluding hydrogens is 400 g/mol. The van der Waals surface area contributed by atoms with E-state index in [4.69, 9.17) is 5.11 Å². The van der Waals surface area contributed by atoms with E-state index < -0.39 is 12.1 Å². The molecule has 186 valence electrons. The van der Waals surface area contributed by atoms with Crippen molar-refractivity contribution < 1.29 is 20.1 Å². The molecule has 0 saturated heterocycles. The third kappa shape index (κ3) is 24.9. The number of aliphatic carboxylic acids is 1. The first-order valence-electron chi connectivity index (χ1n) is 13.1. The summed E-state index contributed by atoms with van der Waals surface area (Å²) in [7, 11) is 0. The van der Waals surface area contributed by atoms with Crippen molar-refractivity contribution in [2.24, 2.45) is 0 Å². The predicted octanol–water partition coefficient (Wildman–Crippen LogP) is 7.50. The SMILES string of the molecule is CCCCCC=CCCCCCCCCC(O)CC=CCCC(O)CC=CCCC(=O)O. The van der Waals surface area contributed by atoms with Crippen molar-refractivity contribution in [1.82, 2.24) is 0 Å². The standard InChI is InChI=1S/C28H50O4/c1-2-3-4-5-6-7-8-9-10-11-12-13-16-21-26(29)22-17-14-18-23-27(30)24-19-15-20-25-28(31)32/h6-7,14-15,17,19,26-27,29-30H,2-5,8-13,16,18,20-25H2,1H3,(H,31,32). The molecule has 0 spiro atoms. The van der Waals surface area contributed by atoms with Gasteiger partial charge in [-0.05, 0) is 64.2 Å². The summed E-state index contributed by atoms with van der Waals surface area (Å²) in [5, 5.41) is 28.5. The Morgan fingerprint density at radius 3 is 1.75 bits per heavy atom. The largest absolute Gasteiger partial charge is 0.481 e. The second-order valence-corrected chi connectivity index (χ2v) is 8.90. The highest BCUT2D eigenvalue weighted by Gasteiger charge is 2.02. The lowest BCUT2D eigenvalue weighted by Gasteiger charge is -2.08. The van der Waals surface area contributed by atoms with E-state index in [-0.39, 0.29) is 12.5 Å². The van der Waals surface area contributed by atoms with Crippen molar-refractivity contribution in [2.75, 3.05) is 0 Å². The zero-order chi connectivity index (χ0) is 23.7. The molecule has 3 N–H and O–H groups in total. The Hall–Kier alpha value is -1.39. The first-order valence-corrected chi connectivity index (χ1v) is 13.1. The van der Waals surface area contributed by atoms with Gasteiger partial charge < -0.3 is 15.3 Å². The van der Waals surface area contributed by atoms with E-state index in [0.29, 0.717) is 25.7 Å². The topological polar surface area (TPSA) is 77.8 Å². The fraction of sp³-hybridized carbons (Fsp3) is 0.750. The highest BCUT2D eigenvalue weighted by Crippen LogP contribution is 2.12. The molecule has 0 amide bonds. The lowest BCUT2D eigenvalue weighted by atomic mass is 10.0. The number of hydrogen-bond acceptors (Lipinski definition) is 3. The van der Waals surface area contributed by atoms with Gasteiger partial charge in [0, 0.05) is 6.42 Å². The van der Waals surface area contributed by atoms with Crippen LogP contribution in [0.1, 0.15) is 122 Å². The summed E-state index contributed by atoms with van der Waals surface area (Å²) in [5.74, 6) is -0.797. The lowest BCUT2D eigenvalue weighted by molar-refractivity contribution is -0.136. The highest BCUT2D eigenvalue weighted by molar-refractivity contribution is 5.66. The summed E-state index contributed by atoms with van der Waals surface area (Å²) < 4.78 is 0. The molecule has 0 aliphatic carbocycles. The molecule has 32 heavy (non-hydrogen) atoms. The van der Waals surface area contributed by atoms with Crippen molar-refractivity contribution >= 4 is 5.97 Å². The number of carboxylic acids is 1. The van der Waals surface area contributed by atoms with E-state index in [0.717, 1.165) is 19.3 Å². The zero-order valence-corrected chi connectivity index (χ0v) is 20.6. The molecule has 2 unspecified atom stereocenters. The zero-order valence-electron chi connectivity index (χ0n) is 20.6. The third-order valence-corrected chi connectivity index (χ3v) is 5.64. The average Bonchev–Trinajstić information content (AvgIpc) is 2.76. The Bertz CT molecular complexity index is 496. The summed E-state index contributed by atoms with van der Waals surface area (Å²) in [6.45, 7) is 2.24. The van der Waals surface area contributed by atoms with E-state index in [1.165, 1.54) is 64.2 Å². The Balaban J connectivity index is 3.45. The van der Waals surface area contributed by atoms with E-state index >= 15 is 0 Å². The van der Waals surface area contributed by atoms with Crippen LogP contribution in [0.25, 0.3) is 0 Å². The minimum atomic E-state index is -0.797. The van der Waals surface area contributed by atoms with E-state index in [1.807, 2.05) is 24.3 Å². The third-order valence-electron chi connectivity index (χ3n) is 5.64. The second kappa shape index (κ2) is 24.3. The van der Waals surface area contributed by atoms with Gasteiger partial charge in [-0.1, -0.05) is 88.3 Å². The van der Waals surface area contributed by atoms with Gasteiger partial charge in [0.05, 0.1) is 12.2 Å². The minimum Gasteiger partial charge on any atom is -0.481 e. The van der Waals surface area contributed by atoms with Gasteiger partial charge in [-0.3, -0.25) is 4.79 Å². The lowest BCUT2D eigenvalue weighted by Crippen LogP contribution is -2.05. The van der Waals surface area contributed by atoms with Crippen LogP contribution in [0.15, 0.2) is 36.5 Å². The number of hydrogen-bond donors (Lipinski definition) is 3. The fourth-order valence-corrected chi connectivity index (χ4v) is 3.57. The smallest absolute Gasteiger partial charge is 0.303 e. The fourth-order valence-electron chi connectivity index (χ4n) is 3.57. The van der Waals surface area contributed by atoms with Crippen LogP contribution in [0.5, 0.6) is 0 Å². The molecule has 0 aliphatic rings. The number of unbranched alkanes of at least 4 members (excludes halogenated alkanes) is 9. The average molecular weight is 451 g/mol. The number of rotatable bonds is 23. The van der Waals surface area contributed by atoms with Gasteiger partial charge in [0.15, 0.2) is 0 Å². The number of allylic oxidation sites excluding steroid dienone is 4. The first-order chi connectivity index (χ1) is 15.6. The molecular formula is C28H50O4. The second-order valence-electron chi connectivity index (χ2n) is 8.90. The van der Waals surface area contributed by atoms with Crippen molar-refractivity contribution in [3.05, 3.63) is 36.5 Å². The predicted molar refractivity (Wildman–Crippen MR) is 136 cm³/mol. The molecule has 0 radical (unpaired) electrons. The maximum Gasteiger partial charge on any atom is 0.303 e. The molecule has 0 aromatic heterocycles. The molecule has 0 aromatic rings. The number of carbonyl (C=O) groups is 1. The molecule has 0 bridgehead atoms. The maximum atomic E-state index is 10.4. The highest BCUT2D eigenvalue weighted by atomic mass is 16.4. The van der Waals surface area contributed by atoms with Gasteiger partial charge in [-0.2, -0.15) is 0 Å². The Morgan fingerprint density at radius 2 is 1.12 bits per heavy atom. The van der Waals surface area contributed by atoms with E-state index in [9.17, 15) is 15.0 Å². The summed E-state index contributed by atoms with van der Waals surface area (Å²) in [5.41, 5.74) is 0. The van der Waals surface area contributed by atoms with Gasteiger partial charge in [-0.25, -0.2) is 0 Å². The molecule has 0 saturated carbocycles. The van der Waals surface area contributed by atoms with Crippen molar-refractivity contribution in [3.63, 3.8) is 0 Å². The van der Waals surface area contributed by atoms with Crippen LogP contribution in [0, 0.1) is 0 Å². The number of aliphatic hydroxyl groups is 2. The Kier molecular flexibility index (Phi) is 23.2. The summed E-state index contributed by atoms with van der Waals surface area (Å²) >= 11 is 0. The summed E-state index contributed by atoms with van der Waals surface area (Å²) in [6.07, 6.45) is 29.9. The number of aliphatic hydroxyl groups excluding tert-OH is 2. The molecule has 4 heteroatoms. The molecule has 0 fully saturated rings. The van der Waals surface area contributed by atoms with Gasteiger partial charge >= 0.3 is 5.97 Å². The van der Waals surface area contributed by atoms with Crippen LogP contribution < -0.4 is 0 Å². The first kappa shape index (κ1) is 30.6. The van der Waals surface area contributed by atoms with Crippen molar-refractivity contribution in [1.29, 1.82) is 0 Å². The van der Waals surface area contributed by atoms with E-state index in [2.05, 4.69) is 19.1 Å². The van der Waals surface area contributed by atoms with Crippen LogP contribution >= 0.6 is 0 Å². The number of carboxylic acid groups (broad SMARTS) is 1. The minimum absolute atomic E-state index is 0.134. The summed E-state index contributed by atoms with van der Waals surface area (Å²) in [6, 6.07) is 0. The summed E-state index contributed by atoms with van der Waals surface area (Å²) in [4.78, 5) is 10.4. The van der Waals surface area contributed by atoms with Gasteiger partial charge in [0.1, 0.15) is 0 Å². The maximum absolute atomic E-state index is 10.4. The van der Waals surface area contributed by atoms with Crippen molar-refractivity contribution in [3.8, 4) is 0 Å². The Morgan fingerprint density at radius 1 is 0.625 bits per heavy atom. The normalized spacial score (nSPS) is 14.1. The molecule has 0 rings (SSSR count). The van der Waals surface area contributed by atoms with Crippen LogP contribution in [0.4, 0.5) is 0 Å². The molecule has 0 aromatic carbocycles. The van der Waals surface area contributed by atoms with Crippen LogP contribution in [-0.2, 0) is 4.79 Å². The molecule has 4 nitrogen and oxygen atoms in total. The molecule has 0 aliphatic heterocycles. The molecule has 2 atom stereocenters. The van der Waals surface area contributed by atoms with Crippen LogP contribution in [0.2, 0.25) is 0 Å². The van der Waals surface area contributed by atoms with Gasteiger partial charge in [0.25, 0.3) is 0 Å². The quantitative estimate of drug-likeness (QED) is 0.111. The van der Waals surface area contributed by atoms with Gasteiger partial charge in [0.2, 0.25) is 0 Å². The monoisotopic (exact) mass is 450 g/mol. The van der Waals surface area contributed by atoms with E-state index in [1.54, 1.807) is 0 Å². The van der Waals surface area contributed by atoms with Crippen molar-refractivity contribution in [2.45, 2.75) is 135 Å². The van der Waals surface area contributed by atoms with Gasteiger partial charge in [-0.15, -0.1) is 0 Å². The molecule has 0 heterocycles.